The lowest BCUT2D eigenvalue weighted by molar-refractivity contribution is 1.47. The maximum Gasteiger partial charge on any atom is 0.0393 e. The molecule has 0 nitrogen and oxygen atoms in total. The van der Waals surface area contributed by atoms with Crippen LogP contribution in [0.1, 0.15) is 19.5 Å². The van der Waals surface area contributed by atoms with Crippen molar-refractivity contribution in [2.45, 2.75) is 27.7 Å². The molecule has 0 amide bonds. The third-order valence-corrected chi connectivity index (χ3v) is 9.83. The summed E-state index contributed by atoms with van der Waals surface area (Å²) in [5.41, 5.74) is 4.96. The summed E-state index contributed by atoms with van der Waals surface area (Å²) in [7, 11) is 0. The standard InChI is InChI=1S/C18H14Br4S2/c1-7-15(17(21)9(3)23-7)11-5-14(20)12(6-13(11)19)16-8(2)24-10(4)18(16)22/h5-6H,1-4H3. The summed E-state index contributed by atoms with van der Waals surface area (Å²) in [4.78, 5) is 5.26. The Balaban J connectivity index is 2.24. The van der Waals surface area contributed by atoms with E-state index in [0.717, 1.165) is 8.95 Å². The third-order valence-electron chi connectivity index (χ3n) is 3.97. The quantitative estimate of drug-likeness (QED) is 0.270. The molecule has 0 unspecified atom stereocenters. The number of aryl methyl sites for hydroxylation is 4. The molecule has 0 aliphatic carbocycles. The molecular formula is C18H14Br4S2. The summed E-state index contributed by atoms with van der Waals surface area (Å²) in [5.74, 6) is 0. The first-order chi connectivity index (χ1) is 11.2. The minimum Gasteiger partial charge on any atom is -0.144 e. The van der Waals surface area contributed by atoms with Gasteiger partial charge in [-0.3, -0.25) is 0 Å². The largest absolute Gasteiger partial charge is 0.144 e. The van der Waals surface area contributed by atoms with Gasteiger partial charge in [0, 0.05) is 48.5 Å². The van der Waals surface area contributed by atoms with Crippen molar-refractivity contribution < 1.29 is 0 Å². The molecule has 126 valence electrons. The normalized spacial score (nSPS) is 11.3. The number of hydrogen-bond donors (Lipinski definition) is 0. The smallest absolute Gasteiger partial charge is 0.0393 e. The van der Waals surface area contributed by atoms with Crippen LogP contribution in [0.25, 0.3) is 22.3 Å². The Morgan fingerprint density at radius 1 is 0.583 bits per heavy atom. The zero-order chi connectivity index (χ0) is 17.8. The number of rotatable bonds is 2. The molecule has 0 radical (unpaired) electrons. The van der Waals surface area contributed by atoms with E-state index in [0.29, 0.717) is 0 Å². The lowest BCUT2D eigenvalue weighted by Crippen LogP contribution is -1.87. The molecule has 0 spiro atoms. The second-order valence-corrected chi connectivity index (χ2v) is 11.8. The van der Waals surface area contributed by atoms with Crippen LogP contribution in [0, 0.1) is 27.7 Å². The van der Waals surface area contributed by atoms with Crippen LogP contribution in [-0.4, -0.2) is 0 Å². The molecular weight excluding hydrogens is 600 g/mol. The van der Waals surface area contributed by atoms with Crippen LogP contribution in [0.5, 0.6) is 0 Å². The van der Waals surface area contributed by atoms with Gasteiger partial charge < -0.3 is 0 Å². The number of halogens is 4. The van der Waals surface area contributed by atoms with Gasteiger partial charge in [-0.1, -0.05) is 31.9 Å². The zero-order valence-electron chi connectivity index (χ0n) is 13.5. The molecule has 0 saturated heterocycles. The molecule has 0 saturated carbocycles. The second-order valence-electron chi connectivity index (χ2n) is 5.62. The molecule has 3 rings (SSSR count). The monoisotopic (exact) mass is 610 g/mol. The Labute approximate surface area is 184 Å². The van der Waals surface area contributed by atoms with Gasteiger partial charge >= 0.3 is 0 Å². The van der Waals surface area contributed by atoms with Crippen molar-refractivity contribution in [1.29, 1.82) is 0 Å². The molecule has 24 heavy (non-hydrogen) atoms. The highest BCUT2D eigenvalue weighted by atomic mass is 79.9. The molecule has 0 aliphatic rings. The average Bonchev–Trinajstić information content (AvgIpc) is 2.89. The van der Waals surface area contributed by atoms with Crippen LogP contribution in [0.4, 0.5) is 0 Å². The van der Waals surface area contributed by atoms with Gasteiger partial charge in [0.1, 0.15) is 0 Å². The van der Waals surface area contributed by atoms with Crippen LogP contribution in [0.2, 0.25) is 0 Å². The van der Waals surface area contributed by atoms with Crippen molar-refractivity contribution in [2.24, 2.45) is 0 Å². The summed E-state index contributed by atoms with van der Waals surface area (Å²) >= 11 is 18.8. The third kappa shape index (κ3) is 3.27. The maximum atomic E-state index is 3.80. The highest BCUT2D eigenvalue weighted by Gasteiger charge is 2.20. The fourth-order valence-electron chi connectivity index (χ4n) is 2.86. The Morgan fingerprint density at radius 3 is 1.17 bits per heavy atom. The molecule has 0 aliphatic heterocycles. The van der Waals surface area contributed by atoms with E-state index in [2.05, 4.69) is 104 Å². The number of hydrogen-bond acceptors (Lipinski definition) is 2. The Morgan fingerprint density at radius 2 is 0.917 bits per heavy atom. The van der Waals surface area contributed by atoms with E-state index in [-0.39, 0.29) is 0 Å². The average molecular weight is 614 g/mol. The zero-order valence-corrected chi connectivity index (χ0v) is 21.5. The van der Waals surface area contributed by atoms with Crippen molar-refractivity contribution in [1.82, 2.24) is 0 Å². The van der Waals surface area contributed by atoms with Gasteiger partial charge in [0.2, 0.25) is 0 Å². The SMILES string of the molecule is Cc1sc(C)c(-c2cc(Br)c(-c3c(C)sc(C)c3Br)cc2Br)c1Br. The fourth-order valence-corrected chi connectivity index (χ4v) is 7.64. The Bertz CT molecular complexity index is 873. The van der Waals surface area contributed by atoms with Crippen molar-refractivity contribution in [3.05, 3.63) is 49.5 Å². The highest BCUT2D eigenvalue weighted by Crippen LogP contribution is 2.48. The minimum absolute atomic E-state index is 1.11. The van der Waals surface area contributed by atoms with Crippen LogP contribution in [0.15, 0.2) is 30.0 Å². The van der Waals surface area contributed by atoms with Crippen molar-refractivity contribution in [3.63, 3.8) is 0 Å². The van der Waals surface area contributed by atoms with E-state index >= 15 is 0 Å². The van der Waals surface area contributed by atoms with Gasteiger partial charge in [-0.25, -0.2) is 0 Å². The fraction of sp³-hybridized carbons (Fsp3) is 0.222. The van der Waals surface area contributed by atoms with Gasteiger partial charge in [-0.05, 0) is 82.8 Å². The van der Waals surface area contributed by atoms with Crippen molar-refractivity contribution in [2.75, 3.05) is 0 Å². The predicted octanol–water partition coefficient (Wildman–Crippen LogP) is 9.43. The topological polar surface area (TPSA) is 0 Å². The first kappa shape index (κ1) is 19.3. The first-order valence-corrected chi connectivity index (χ1v) is 12.0. The molecule has 0 N–H and O–H groups in total. The lowest BCUT2D eigenvalue weighted by Gasteiger charge is -2.12. The first-order valence-electron chi connectivity index (χ1n) is 7.23. The van der Waals surface area contributed by atoms with E-state index in [4.69, 9.17) is 0 Å². The summed E-state index contributed by atoms with van der Waals surface area (Å²) in [6, 6.07) is 4.44. The van der Waals surface area contributed by atoms with E-state index in [1.54, 1.807) is 0 Å². The summed E-state index contributed by atoms with van der Waals surface area (Å²) in [6.07, 6.45) is 0. The summed E-state index contributed by atoms with van der Waals surface area (Å²) in [5, 5.41) is 0. The molecule has 0 fully saturated rings. The van der Waals surface area contributed by atoms with Crippen LogP contribution in [-0.2, 0) is 0 Å². The van der Waals surface area contributed by atoms with Crippen LogP contribution in [0.3, 0.4) is 0 Å². The summed E-state index contributed by atoms with van der Waals surface area (Å²) in [6.45, 7) is 8.65. The minimum atomic E-state index is 1.11. The van der Waals surface area contributed by atoms with Gasteiger partial charge in [-0.2, -0.15) is 0 Å². The molecule has 1 aromatic carbocycles. The lowest BCUT2D eigenvalue weighted by atomic mass is 10.0. The van der Waals surface area contributed by atoms with Gasteiger partial charge in [-0.15, -0.1) is 22.7 Å². The molecule has 2 aromatic heterocycles. The second kappa shape index (κ2) is 7.28. The van der Waals surface area contributed by atoms with Gasteiger partial charge in [0.15, 0.2) is 0 Å². The molecule has 6 heteroatoms. The molecule has 2 heterocycles. The van der Waals surface area contributed by atoms with E-state index in [1.165, 1.54) is 50.7 Å². The maximum absolute atomic E-state index is 3.80. The van der Waals surface area contributed by atoms with Crippen LogP contribution < -0.4 is 0 Å². The molecule has 0 atom stereocenters. The Hall–Kier alpha value is 0.540. The number of thiophene rings is 2. The van der Waals surface area contributed by atoms with E-state index in [1.807, 2.05) is 22.7 Å². The molecule has 0 bridgehead atoms. The van der Waals surface area contributed by atoms with Crippen molar-refractivity contribution in [3.8, 4) is 22.3 Å². The van der Waals surface area contributed by atoms with Gasteiger partial charge in [0.25, 0.3) is 0 Å². The highest BCUT2D eigenvalue weighted by molar-refractivity contribution is 9.11. The van der Waals surface area contributed by atoms with E-state index < -0.39 is 0 Å². The van der Waals surface area contributed by atoms with Gasteiger partial charge in [0.05, 0.1) is 0 Å². The summed E-state index contributed by atoms with van der Waals surface area (Å²) < 4.78 is 4.60. The van der Waals surface area contributed by atoms with E-state index in [9.17, 15) is 0 Å². The molecule has 3 aromatic rings. The number of benzene rings is 1. The Kier molecular flexibility index (Phi) is 5.85. The van der Waals surface area contributed by atoms with Crippen molar-refractivity contribution >= 4 is 86.4 Å². The van der Waals surface area contributed by atoms with Crippen LogP contribution >= 0.6 is 86.4 Å². The predicted molar refractivity (Wildman–Crippen MR) is 123 cm³/mol.